The zero-order valence-corrected chi connectivity index (χ0v) is 22.6. The van der Waals surface area contributed by atoms with Gasteiger partial charge in [-0.15, -0.1) is 0 Å². The van der Waals surface area contributed by atoms with E-state index in [0.29, 0.717) is 31.9 Å². The van der Waals surface area contributed by atoms with Crippen LogP contribution in [0.2, 0.25) is 0 Å². The molecule has 1 fully saturated rings. The number of piperidine rings is 1. The van der Waals surface area contributed by atoms with Crippen molar-refractivity contribution in [3.05, 3.63) is 59.7 Å². The standard InChI is InChI=1S/C30H43NO5/c1-6-23-14-7-9-17-26(23)35-27-18-10-8-16-25(27)30(33,19-11-12-21-34-5)24-15-13-20-31(22-24)28(32)36-29(2,3)4/h7-10,14,16-18,24,33H,6,11-13,15,19-22H2,1-5H3/t24-,30+/m1/s1. The monoisotopic (exact) mass is 497 g/mol. The average molecular weight is 498 g/mol. The molecule has 3 rings (SSSR count). The summed E-state index contributed by atoms with van der Waals surface area (Å²) in [5.41, 5.74) is 0.161. The lowest BCUT2D eigenvalue weighted by atomic mass is 9.73. The molecule has 1 heterocycles. The van der Waals surface area contributed by atoms with E-state index in [1.54, 1.807) is 12.0 Å². The maximum Gasteiger partial charge on any atom is 0.410 e. The van der Waals surface area contributed by atoms with Gasteiger partial charge in [-0.25, -0.2) is 4.79 Å². The van der Waals surface area contributed by atoms with Crippen molar-refractivity contribution in [2.24, 2.45) is 5.92 Å². The molecule has 0 aromatic heterocycles. The number of aliphatic hydroxyl groups is 1. The molecule has 0 aliphatic carbocycles. The molecule has 6 heteroatoms. The lowest BCUT2D eigenvalue weighted by Gasteiger charge is -2.43. The van der Waals surface area contributed by atoms with Gasteiger partial charge in [0.15, 0.2) is 0 Å². The number of hydrogen-bond donors (Lipinski definition) is 1. The Morgan fingerprint density at radius 2 is 1.75 bits per heavy atom. The number of methoxy groups -OCH3 is 1. The molecule has 1 N–H and O–H groups in total. The van der Waals surface area contributed by atoms with Crippen molar-refractivity contribution in [2.45, 2.75) is 77.4 Å². The number of likely N-dealkylation sites (tertiary alicyclic amines) is 1. The topological polar surface area (TPSA) is 68.2 Å². The molecule has 36 heavy (non-hydrogen) atoms. The molecular weight excluding hydrogens is 454 g/mol. The largest absolute Gasteiger partial charge is 0.457 e. The predicted octanol–water partition coefficient (Wildman–Crippen LogP) is 6.69. The van der Waals surface area contributed by atoms with E-state index >= 15 is 0 Å². The van der Waals surface area contributed by atoms with E-state index in [1.807, 2.05) is 63.2 Å². The highest BCUT2D eigenvalue weighted by Gasteiger charge is 2.43. The number of aryl methyl sites for hydroxylation is 1. The number of carbonyl (C=O) groups is 1. The second-order valence-electron chi connectivity index (χ2n) is 10.7. The number of benzene rings is 2. The highest BCUT2D eigenvalue weighted by molar-refractivity contribution is 5.68. The van der Waals surface area contributed by atoms with Crippen molar-refractivity contribution in [1.29, 1.82) is 0 Å². The Balaban J connectivity index is 1.94. The third-order valence-electron chi connectivity index (χ3n) is 6.83. The zero-order valence-electron chi connectivity index (χ0n) is 22.6. The van der Waals surface area contributed by atoms with Crippen molar-refractivity contribution in [1.82, 2.24) is 4.90 Å². The molecule has 0 unspecified atom stereocenters. The van der Waals surface area contributed by atoms with Gasteiger partial charge in [0.05, 0.1) is 5.60 Å². The van der Waals surface area contributed by atoms with Gasteiger partial charge in [0.25, 0.3) is 0 Å². The summed E-state index contributed by atoms with van der Waals surface area (Å²) in [4.78, 5) is 14.6. The first-order valence-corrected chi connectivity index (χ1v) is 13.2. The Hall–Kier alpha value is -2.57. The third-order valence-corrected chi connectivity index (χ3v) is 6.83. The maximum atomic E-state index is 12.9. The number of para-hydroxylation sites is 2. The van der Waals surface area contributed by atoms with Gasteiger partial charge in [-0.1, -0.05) is 43.3 Å². The minimum Gasteiger partial charge on any atom is -0.457 e. The van der Waals surface area contributed by atoms with E-state index in [9.17, 15) is 9.90 Å². The average Bonchev–Trinajstić information content (AvgIpc) is 2.86. The maximum absolute atomic E-state index is 12.9. The molecule has 0 saturated carbocycles. The lowest BCUT2D eigenvalue weighted by Crippen LogP contribution is -2.49. The fraction of sp³-hybridized carbons (Fsp3) is 0.567. The summed E-state index contributed by atoms with van der Waals surface area (Å²) in [6, 6.07) is 15.8. The van der Waals surface area contributed by atoms with Gasteiger partial charge in [0.2, 0.25) is 0 Å². The van der Waals surface area contributed by atoms with E-state index in [0.717, 1.165) is 49.0 Å². The molecule has 2 aromatic rings. The highest BCUT2D eigenvalue weighted by Crippen LogP contribution is 2.44. The van der Waals surface area contributed by atoms with Crippen molar-refractivity contribution in [2.75, 3.05) is 26.8 Å². The molecule has 0 bridgehead atoms. The van der Waals surface area contributed by atoms with Gasteiger partial charge in [-0.05, 0) is 77.0 Å². The number of unbranched alkanes of at least 4 members (excludes halogenated alkanes) is 1. The fourth-order valence-electron chi connectivity index (χ4n) is 4.99. The van der Waals surface area contributed by atoms with Gasteiger partial charge < -0.3 is 24.2 Å². The highest BCUT2D eigenvalue weighted by atomic mass is 16.6. The molecule has 1 amide bonds. The summed E-state index contributed by atoms with van der Waals surface area (Å²) < 4.78 is 17.4. The Morgan fingerprint density at radius 3 is 2.44 bits per heavy atom. The molecule has 0 spiro atoms. The lowest BCUT2D eigenvalue weighted by molar-refractivity contribution is -0.0651. The molecule has 198 valence electrons. The van der Waals surface area contributed by atoms with Crippen molar-refractivity contribution < 1.29 is 24.1 Å². The van der Waals surface area contributed by atoms with E-state index < -0.39 is 11.2 Å². The minimum absolute atomic E-state index is 0.146. The van der Waals surface area contributed by atoms with E-state index in [4.69, 9.17) is 14.2 Å². The number of carbonyl (C=O) groups excluding carboxylic acids is 1. The summed E-state index contributed by atoms with van der Waals surface area (Å²) in [5.74, 6) is 1.31. The predicted molar refractivity (Wildman–Crippen MR) is 142 cm³/mol. The van der Waals surface area contributed by atoms with Crippen molar-refractivity contribution >= 4 is 6.09 Å². The van der Waals surface area contributed by atoms with Crippen LogP contribution in [-0.4, -0.2) is 48.5 Å². The van der Waals surface area contributed by atoms with Gasteiger partial charge >= 0.3 is 6.09 Å². The van der Waals surface area contributed by atoms with E-state index in [-0.39, 0.29) is 12.0 Å². The summed E-state index contributed by atoms with van der Waals surface area (Å²) in [6.45, 7) is 9.45. The normalized spacial score (nSPS) is 17.9. The number of amides is 1. The molecular formula is C30H43NO5. The quantitative estimate of drug-likeness (QED) is 0.370. The SMILES string of the molecule is CCc1ccccc1Oc1ccccc1[C@](O)(CCCCOC)[C@@H]1CCCN(C(=O)OC(C)(C)C)C1. The molecule has 6 nitrogen and oxygen atoms in total. The minimum atomic E-state index is -1.16. The first kappa shape index (κ1) is 28.0. The Bertz CT molecular complexity index is 985. The summed E-state index contributed by atoms with van der Waals surface area (Å²) in [7, 11) is 1.69. The van der Waals surface area contributed by atoms with Gasteiger partial charge in [-0.2, -0.15) is 0 Å². The van der Waals surface area contributed by atoms with Crippen LogP contribution in [0.1, 0.15) is 70.9 Å². The van der Waals surface area contributed by atoms with Crippen LogP contribution in [0.3, 0.4) is 0 Å². The van der Waals surface area contributed by atoms with Gasteiger partial charge in [0.1, 0.15) is 17.1 Å². The van der Waals surface area contributed by atoms with Crippen LogP contribution in [0.15, 0.2) is 48.5 Å². The Morgan fingerprint density at radius 1 is 1.06 bits per heavy atom. The number of ether oxygens (including phenoxy) is 3. The first-order chi connectivity index (χ1) is 17.2. The number of hydrogen-bond acceptors (Lipinski definition) is 5. The summed E-state index contributed by atoms with van der Waals surface area (Å²) in [5, 5.41) is 12.4. The van der Waals surface area contributed by atoms with Crippen LogP contribution >= 0.6 is 0 Å². The first-order valence-electron chi connectivity index (χ1n) is 13.2. The Labute approximate surface area is 216 Å². The van der Waals surface area contributed by atoms with Gasteiger partial charge in [0, 0.05) is 38.3 Å². The molecule has 2 aromatic carbocycles. The molecule has 1 aliphatic rings. The molecule has 1 aliphatic heterocycles. The van der Waals surface area contributed by atoms with Crippen LogP contribution in [0.25, 0.3) is 0 Å². The fourth-order valence-corrected chi connectivity index (χ4v) is 4.99. The van der Waals surface area contributed by atoms with Gasteiger partial charge in [-0.3, -0.25) is 0 Å². The van der Waals surface area contributed by atoms with Crippen LogP contribution in [0, 0.1) is 5.92 Å². The summed E-state index contributed by atoms with van der Waals surface area (Å²) >= 11 is 0. The molecule has 1 saturated heterocycles. The van der Waals surface area contributed by atoms with Crippen LogP contribution in [0.5, 0.6) is 11.5 Å². The van der Waals surface area contributed by atoms with E-state index in [2.05, 4.69) is 13.0 Å². The zero-order chi connectivity index (χ0) is 26.2. The van der Waals surface area contributed by atoms with Crippen LogP contribution < -0.4 is 4.74 Å². The van der Waals surface area contributed by atoms with Crippen LogP contribution in [-0.2, 0) is 21.5 Å². The second-order valence-corrected chi connectivity index (χ2v) is 10.7. The smallest absolute Gasteiger partial charge is 0.410 e. The second kappa shape index (κ2) is 12.6. The molecule has 2 atom stereocenters. The van der Waals surface area contributed by atoms with Crippen LogP contribution in [0.4, 0.5) is 4.79 Å². The number of nitrogens with zero attached hydrogens (tertiary/aromatic N) is 1. The van der Waals surface area contributed by atoms with Crippen molar-refractivity contribution in [3.8, 4) is 11.5 Å². The number of rotatable bonds is 10. The summed E-state index contributed by atoms with van der Waals surface area (Å²) in [6.07, 6.45) is 4.36. The molecule has 0 radical (unpaired) electrons. The third kappa shape index (κ3) is 7.23. The van der Waals surface area contributed by atoms with Crippen molar-refractivity contribution in [3.63, 3.8) is 0 Å². The van der Waals surface area contributed by atoms with E-state index in [1.165, 1.54) is 0 Å². The Kier molecular flexibility index (Phi) is 9.80.